The lowest BCUT2D eigenvalue weighted by Gasteiger charge is -2.26. The van der Waals surface area contributed by atoms with Crippen molar-refractivity contribution in [1.82, 2.24) is 14.7 Å². The van der Waals surface area contributed by atoms with Crippen LogP contribution < -0.4 is 0 Å². The van der Waals surface area contributed by atoms with Gasteiger partial charge in [0.2, 0.25) is 0 Å². The molecular weight excluding hydrogens is 406 g/mol. The maximum absolute atomic E-state index is 13.3. The lowest BCUT2D eigenvalue weighted by Crippen LogP contribution is -2.41. The van der Waals surface area contributed by atoms with Crippen LogP contribution in [-0.4, -0.2) is 56.6 Å². The van der Waals surface area contributed by atoms with Gasteiger partial charge < -0.3 is 14.7 Å². The molecule has 0 bridgehead atoms. The summed E-state index contributed by atoms with van der Waals surface area (Å²) in [6.45, 7) is 1.77. The van der Waals surface area contributed by atoms with Crippen LogP contribution >= 0.6 is 0 Å². The van der Waals surface area contributed by atoms with Crippen molar-refractivity contribution in [2.24, 2.45) is 0 Å². The molecular formula is C21H20N3O5S+. The smallest absolute Gasteiger partial charge is 0.275 e. The fourth-order valence-electron chi connectivity index (χ4n) is 3.98. The molecule has 2 aromatic carbocycles. The average molecular weight is 426 g/mol. The number of morpholine rings is 1. The summed E-state index contributed by atoms with van der Waals surface area (Å²) < 4.78 is 30.7. The Morgan fingerprint density at radius 2 is 1.87 bits per heavy atom. The zero-order chi connectivity index (χ0) is 20.9. The van der Waals surface area contributed by atoms with Gasteiger partial charge in [0.25, 0.3) is 16.1 Å². The van der Waals surface area contributed by atoms with Crippen molar-refractivity contribution in [3.63, 3.8) is 0 Å². The van der Waals surface area contributed by atoms with Crippen molar-refractivity contribution in [1.29, 1.82) is 0 Å². The van der Waals surface area contributed by atoms with Gasteiger partial charge in [0.15, 0.2) is 16.3 Å². The molecule has 1 aromatic heterocycles. The first kappa shape index (κ1) is 19.0. The van der Waals surface area contributed by atoms with E-state index >= 15 is 0 Å². The van der Waals surface area contributed by atoms with Crippen LogP contribution in [0.1, 0.15) is 16.1 Å². The van der Waals surface area contributed by atoms with Crippen molar-refractivity contribution in [3.05, 3.63) is 59.8 Å². The van der Waals surface area contributed by atoms with Gasteiger partial charge in [0, 0.05) is 19.2 Å². The fourth-order valence-corrected chi connectivity index (χ4v) is 5.60. The highest BCUT2D eigenvalue weighted by atomic mass is 32.3. The third kappa shape index (κ3) is 3.02. The minimum absolute atomic E-state index is 0.0628. The standard InChI is InChI=1S/C21H19N3O5S/c25-15-5-3-4-14(12-15)24-20-16-6-1-2-7-18(16)30(27,28)13-17(20)19(22-24)21(26)23-8-10-29-11-9-23/h1-7,12H,8-11,13H2,(H-,25,27,28)/p+1. The number of fused-ring (bicyclic) bond motifs is 3. The van der Waals surface area contributed by atoms with Gasteiger partial charge in [-0.2, -0.15) is 9.65 Å². The number of nitrogens with zero attached hydrogens (tertiary/aromatic N) is 3. The number of carbonyl (C=O) groups is 1. The van der Waals surface area contributed by atoms with Crippen LogP contribution in [0.5, 0.6) is 5.75 Å². The lowest BCUT2D eigenvalue weighted by molar-refractivity contribution is 0.0298. The van der Waals surface area contributed by atoms with Gasteiger partial charge in [-0.05, 0) is 24.3 Å². The highest BCUT2D eigenvalue weighted by molar-refractivity contribution is 7.97. The van der Waals surface area contributed by atoms with E-state index in [-0.39, 0.29) is 23.1 Å². The van der Waals surface area contributed by atoms with Crippen LogP contribution in [0.15, 0.2) is 53.4 Å². The van der Waals surface area contributed by atoms with Gasteiger partial charge in [0.05, 0.1) is 35.7 Å². The summed E-state index contributed by atoms with van der Waals surface area (Å²) >= 11 is 0. The quantitative estimate of drug-likeness (QED) is 0.611. The number of aromatic nitrogens is 2. The molecule has 1 atom stereocenters. The van der Waals surface area contributed by atoms with Crippen molar-refractivity contribution in [3.8, 4) is 22.7 Å². The first-order valence-corrected chi connectivity index (χ1v) is 11.3. The number of rotatable bonds is 2. The van der Waals surface area contributed by atoms with E-state index in [1.165, 1.54) is 0 Å². The van der Waals surface area contributed by atoms with Crippen molar-refractivity contribution >= 4 is 16.1 Å². The van der Waals surface area contributed by atoms with Crippen LogP contribution in [0.3, 0.4) is 0 Å². The molecule has 3 heterocycles. The summed E-state index contributed by atoms with van der Waals surface area (Å²) in [5.41, 5.74) is 2.32. The van der Waals surface area contributed by atoms with Crippen LogP contribution in [0.2, 0.25) is 0 Å². The van der Waals surface area contributed by atoms with Crippen molar-refractivity contribution < 1.29 is 23.4 Å². The van der Waals surface area contributed by atoms with Crippen LogP contribution in [0, 0.1) is 0 Å². The van der Waals surface area contributed by atoms with Gasteiger partial charge in [-0.15, -0.1) is 0 Å². The van der Waals surface area contributed by atoms with Gasteiger partial charge in [-0.3, -0.25) is 4.79 Å². The highest BCUT2D eigenvalue weighted by Gasteiger charge is 2.44. The number of amides is 1. The summed E-state index contributed by atoms with van der Waals surface area (Å²) in [6.07, 6.45) is 0. The maximum atomic E-state index is 13.3. The van der Waals surface area contributed by atoms with E-state index in [1.54, 1.807) is 58.1 Å². The Labute approximate surface area is 174 Å². The average Bonchev–Trinajstić information content (AvgIpc) is 3.12. The van der Waals surface area contributed by atoms with E-state index in [0.717, 1.165) is 0 Å². The second-order valence-electron chi connectivity index (χ2n) is 7.29. The fraction of sp³-hybridized carbons (Fsp3) is 0.238. The van der Waals surface area contributed by atoms with Crippen molar-refractivity contribution in [2.75, 3.05) is 26.3 Å². The Morgan fingerprint density at radius 1 is 1.10 bits per heavy atom. The van der Waals surface area contributed by atoms with Gasteiger partial charge >= 0.3 is 0 Å². The number of phenols is 1. The first-order valence-electron chi connectivity index (χ1n) is 9.58. The molecule has 0 saturated carbocycles. The molecule has 1 unspecified atom stereocenters. The molecule has 30 heavy (non-hydrogen) atoms. The van der Waals surface area contributed by atoms with Gasteiger partial charge in [-0.1, -0.05) is 22.4 Å². The topological polar surface area (TPSA) is 105 Å². The first-order chi connectivity index (χ1) is 14.5. The molecule has 1 saturated heterocycles. The normalized spacial score (nSPS) is 20.5. The maximum Gasteiger partial charge on any atom is 0.275 e. The number of hydrogen-bond donors (Lipinski definition) is 2. The van der Waals surface area contributed by atoms with Crippen LogP contribution in [0.4, 0.5) is 0 Å². The van der Waals surface area contributed by atoms with E-state index in [1.807, 2.05) is 0 Å². The minimum Gasteiger partial charge on any atom is -0.508 e. The molecule has 0 aliphatic carbocycles. The summed E-state index contributed by atoms with van der Waals surface area (Å²) in [7, 11) is -3.37. The minimum atomic E-state index is -3.37. The monoisotopic (exact) mass is 426 g/mol. The molecule has 5 rings (SSSR count). The molecule has 1 fully saturated rings. The summed E-state index contributed by atoms with van der Waals surface area (Å²) in [6, 6.07) is 13.4. The van der Waals surface area contributed by atoms with Gasteiger partial charge in [0.1, 0.15) is 5.75 Å². The second-order valence-corrected chi connectivity index (χ2v) is 9.30. The van der Waals surface area contributed by atoms with Crippen LogP contribution in [-0.2, 0) is 24.9 Å². The molecule has 2 N–H and O–H groups in total. The Morgan fingerprint density at radius 3 is 2.63 bits per heavy atom. The van der Waals surface area contributed by atoms with E-state index in [4.69, 9.17) is 4.74 Å². The number of phenolic OH excluding ortho intramolecular Hbond substituents is 1. The highest BCUT2D eigenvalue weighted by Crippen LogP contribution is 2.43. The van der Waals surface area contributed by atoms with Gasteiger partial charge in [-0.25, -0.2) is 4.68 Å². The Kier molecular flexibility index (Phi) is 4.46. The third-order valence-corrected chi connectivity index (χ3v) is 7.11. The number of ether oxygens (including phenoxy) is 1. The summed E-state index contributed by atoms with van der Waals surface area (Å²) in [5.74, 6) is -0.417. The Bertz CT molecular complexity index is 1200. The number of benzene rings is 2. The SMILES string of the molecule is O=C(c1nn(-c2cccc(O)c2)c2c1C[S+](=O)(O)c1ccccc1-2)N1CCOCC1. The van der Waals surface area contributed by atoms with E-state index < -0.39 is 10.2 Å². The second kappa shape index (κ2) is 7.05. The molecule has 1 amide bonds. The predicted octanol–water partition coefficient (Wildman–Crippen LogP) is 2.56. The molecule has 2 aliphatic rings. The van der Waals surface area contributed by atoms with Crippen LogP contribution in [0.25, 0.3) is 16.9 Å². The number of hydrogen-bond acceptors (Lipinski definition) is 5. The molecule has 3 aromatic rings. The third-order valence-electron chi connectivity index (χ3n) is 5.38. The lowest BCUT2D eigenvalue weighted by atomic mass is 10.0. The zero-order valence-electron chi connectivity index (χ0n) is 16.0. The molecule has 2 aliphatic heterocycles. The molecule has 0 spiro atoms. The molecule has 154 valence electrons. The predicted molar refractivity (Wildman–Crippen MR) is 110 cm³/mol. The molecule has 9 heteroatoms. The molecule has 8 nitrogen and oxygen atoms in total. The Hall–Kier alpha value is -3.01. The summed E-state index contributed by atoms with van der Waals surface area (Å²) in [5, 5.41) is 14.5. The van der Waals surface area contributed by atoms with E-state index in [2.05, 4.69) is 5.10 Å². The van der Waals surface area contributed by atoms with Crippen molar-refractivity contribution in [2.45, 2.75) is 10.6 Å². The van der Waals surface area contributed by atoms with E-state index in [9.17, 15) is 18.7 Å². The Balaban J connectivity index is 1.75. The number of carbonyl (C=O) groups excluding carboxylic acids is 1. The van der Waals surface area contributed by atoms with E-state index in [0.29, 0.717) is 53.7 Å². The number of aromatic hydroxyl groups is 1. The summed E-state index contributed by atoms with van der Waals surface area (Å²) in [4.78, 5) is 15.3. The zero-order valence-corrected chi connectivity index (χ0v) is 16.8. The largest absolute Gasteiger partial charge is 0.508 e. The molecule has 0 radical (unpaired) electrons.